The van der Waals surface area contributed by atoms with Crippen molar-refractivity contribution in [2.24, 2.45) is 0 Å². The van der Waals surface area contributed by atoms with Crippen LogP contribution >= 0.6 is 0 Å². The lowest BCUT2D eigenvalue weighted by molar-refractivity contribution is -0.130. The summed E-state index contributed by atoms with van der Waals surface area (Å²) in [7, 11) is 0. The molecule has 2 aromatic carbocycles. The van der Waals surface area contributed by atoms with E-state index in [1.165, 1.54) is 0 Å². The van der Waals surface area contributed by atoms with Crippen molar-refractivity contribution < 1.29 is 9.90 Å². The van der Waals surface area contributed by atoms with Gasteiger partial charge in [0.2, 0.25) is 5.91 Å². The van der Waals surface area contributed by atoms with Crippen LogP contribution in [0, 0.1) is 13.8 Å². The van der Waals surface area contributed by atoms with E-state index in [9.17, 15) is 9.90 Å². The zero-order valence-corrected chi connectivity index (χ0v) is 17.0. The Labute approximate surface area is 171 Å². The van der Waals surface area contributed by atoms with Gasteiger partial charge in [-0.25, -0.2) is 4.98 Å². The number of aryl methyl sites for hydroxylation is 2. The van der Waals surface area contributed by atoms with E-state index >= 15 is 0 Å². The maximum absolute atomic E-state index is 13.0. The van der Waals surface area contributed by atoms with Crippen LogP contribution in [0.1, 0.15) is 28.6 Å². The minimum atomic E-state index is -0.927. The Bertz CT molecular complexity index is 1030. The van der Waals surface area contributed by atoms with Crippen LogP contribution in [0.15, 0.2) is 67.8 Å². The molecule has 1 atom stereocenters. The number of nitrogens with zero attached hydrogens (tertiary/aromatic N) is 3. The van der Waals surface area contributed by atoms with Gasteiger partial charge >= 0.3 is 0 Å². The van der Waals surface area contributed by atoms with Crippen molar-refractivity contribution in [1.29, 1.82) is 0 Å². The second-order valence-corrected chi connectivity index (χ2v) is 7.17. The van der Waals surface area contributed by atoms with Crippen molar-refractivity contribution in [2.75, 3.05) is 13.1 Å². The number of fused-ring (bicyclic) bond motifs is 1. The molecule has 0 saturated heterocycles. The molecule has 3 rings (SSSR count). The fraction of sp³-hybridized carbons (Fsp3) is 0.250. The predicted molar refractivity (Wildman–Crippen MR) is 117 cm³/mol. The quantitative estimate of drug-likeness (QED) is 0.594. The Kier molecular flexibility index (Phi) is 6.29. The first-order valence-electron chi connectivity index (χ1n) is 9.66. The van der Waals surface area contributed by atoms with Crippen molar-refractivity contribution in [3.63, 3.8) is 0 Å². The summed E-state index contributed by atoms with van der Waals surface area (Å²) in [6, 6.07) is 13.4. The van der Waals surface area contributed by atoms with Gasteiger partial charge < -0.3 is 14.6 Å². The summed E-state index contributed by atoms with van der Waals surface area (Å²) >= 11 is 0. The van der Waals surface area contributed by atoms with E-state index in [0.717, 1.165) is 27.7 Å². The predicted octanol–water partition coefficient (Wildman–Crippen LogP) is 3.94. The van der Waals surface area contributed by atoms with E-state index in [1.54, 1.807) is 17.1 Å². The number of hydrogen-bond acceptors (Lipinski definition) is 3. The molecule has 5 heteroatoms. The van der Waals surface area contributed by atoms with Crippen molar-refractivity contribution in [3.05, 3.63) is 90.3 Å². The number of aliphatic hydroxyl groups is 1. The number of amides is 1. The molecule has 1 aromatic heterocycles. The number of aliphatic hydroxyl groups excluding tert-OH is 1. The SMILES string of the molecule is C=CCN(CC=C)C(=O)Cn1c(C(O)c2ccccc2)nc2cc(C)c(C)cc21. The molecule has 0 aliphatic rings. The van der Waals surface area contributed by atoms with Crippen molar-refractivity contribution >= 4 is 16.9 Å². The third-order valence-electron chi connectivity index (χ3n) is 5.10. The summed E-state index contributed by atoms with van der Waals surface area (Å²) in [5.74, 6) is 0.380. The van der Waals surface area contributed by atoms with E-state index in [-0.39, 0.29) is 12.5 Å². The third-order valence-corrected chi connectivity index (χ3v) is 5.10. The largest absolute Gasteiger partial charge is 0.380 e. The molecule has 0 spiro atoms. The molecule has 29 heavy (non-hydrogen) atoms. The van der Waals surface area contributed by atoms with Gasteiger partial charge in [-0.1, -0.05) is 42.5 Å². The van der Waals surface area contributed by atoms with Crippen LogP contribution in [0.4, 0.5) is 0 Å². The average Bonchev–Trinajstić information content (AvgIpc) is 3.05. The van der Waals surface area contributed by atoms with E-state index in [2.05, 4.69) is 13.2 Å². The third kappa shape index (κ3) is 4.30. The number of hydrogen-bond donors (Lipinski definition) is 1. The number of imidazole rings is 1. The van der Waals surface area contributed by atoms with Gasteiger partial charge in [0.25, 0.3) is 0 Å². The van der Waals surface area contributed by atoms with E-state index < -0.39 is 6.10 Å². The van der Waals surface area contributed by atoms with E-state index in [0.29, 0.717) is 18.9 Å². The van der Waals surface area contributed by atoms with E-state index in [1.807, 2.05) is 60.9 Å². The fourth-order valence-electron chi connectivity index (χ4n) is 3.38. The minimum Gasteiger partial charge on any atom is -0.380 e. The smallest absolute Gasteiger partial charge is 0.243 e. The minimum absolute atomic E-state index is 0.0798. The van der Waals surface area contributed by atoms with Crippen LogP contribution < -0.4 is 0 Å². The molecule has 1 heterocycles. The van der Waals surface area contributed by atoms with Gasteiger partial charge in [-0.2, -0.15) is 0 Å². The molecule has 0 fully saturated rings. The van der Waals surface area contributed by atoms with Gasteiger partial charge in [-0.05, 0) is 42.7 Å². The molecule has 0 saturated carbocycles. The standard InChI is InChI=1S/C24H27N3O2/c1-5-12-26(13-6-2)22(28)16-27-21-15-18(4)17(3)14-20(21)25-24(27)23(29)19-10-8-7-9-11-19/h5-11,14-15,23,29H,1-2,12-13,16H2,3-4H3. The van der Waals surface area contributed by atoms with Crippen LogP contribution in [0.25, 0.3) is 11.0 Å². The average molecular weight is 389 g/mol. The summed E-state index contributed by atoms with van der Waals surface area (Å²) in [4.78, 5) is 19.4. The Morgan fingerprint density at radius 3 is 2.38 bits per heavy atom. The highest BCUT2D eigenvalue weighted by atomic mass is 16.3. The topological polar surface area (TPSA) is 58.4 Å². The zero-order chi connectivity index (χ0) is 21.0. The Hall–Kier alpha value is -3.18. The fourth-order valence-corrected chi connectivity index (χ4v) is 3.38. The summed E-state index contributed by atoms with van der Waals surface area (Å²) in [6.07, 6.45) is 2.46. The number of carbonyl (C=O) groups excluding carboxylic acids is 1. The lowest BCUT2D eigenvalue weighted by atomic mass is 10.1. The first-order chi connectivity index (χ1) is 14.0. The second kappa shape index (κ2) is 8.88. The van der Waals surface area contributed by atoms with Crippen LogP contribution in [0.3, 0.4) is 0 Å². The maximum Gasteiger partial charge on any atom is 0.243 e. The Morgan fingerprint density at radius 1 is 1.14 bits per heavy atom. The van der Waals surface area contributed by atoms with Gasteiger partial charge in [-0.3, -0.25) is 4.79 Å². The van der Waals surface area contributed by atoms with Gasteiger partial charge in [-0.15, -0.1) is 13.2 Å². The second-order valence-electron chi connectivity index (χ2n) is 7.17. The lowest BCUT2D eigenvalue weighted by Crippen LogP contribution is -2.34. The molecule has 1 amide bonds. The highest BCUT2D eigenvalue weighted by Crippen LogP contribution is 2.27. The van der Waals surface area contributed by atoms with Crippen LogP contribution in [0.5, 0.6) is 0 Å². The molecule has 5 nitrogen and oxygen atoms in total. The monoisotopic (exact) mass is 389 g/mol. The summed E-state index contributed by atoms with van der Waals surface area (Å²) in [6.45, 7) is 12.5. The Morgan fingerprint density at radius 2 is 1.76 bits per heavy atom. The zero-order valence-electron chi connectivity index (χ0n) is 17.0. The number of benzene rings is 2. The summed E-state index contributed by atoms with van der Waals surface area (Å²) in [5, 5.41) is 11.0. The lowest BCUT2D eigenvalue weighted by Gasteiger charge is -2.21. The summed E-state index contributed by atoms with van der Waals surface area (Å²) < 4.78 is 1.82. The first kappa shape index (κ1) is 20.6. The molecular formula is C24H27N3O2. The molecule has 150 valence electrons. The molecular weight excluding hydrogens is 362 g/mol. The van der Waals surface area contributed by atoms with Crippen LogP contribution in [-0.4, -0.2) is 38.6 Å². The molecule has 0 bridgehead atoms. The van der Waals surface area contributed by atoms with Crippen molar-refractivity contribution in [1.82, 2.24) is 14.5 Å². The van der Waals surface area contributed by atoms with Crippen LogP contribution in [0.2, 0.25) is 0 Å². The number of aromatic nitrogens is 2. The molecule has 0 aliphatic carbocycles. The Balaban J connectivity index is 2.09. The molecule has 3 aromatic rings. The first-order valence-corrected chi connectivity index (χ1v) is 9.66. The van der Waals surface area contributed by atoms with Gasteiger partial charge in [0, 0.05) is 13.1 Å². The molecule has 1 unspecified atom stereocenters. The molecule has 1 N–H and O–H groups in total. The van der Waals surface area contributed by atoms with Crippen molar-refractivity contribution in [2.45, 2.75) is 26.5 Å². The normalized spacial score (nSPS) is 12.0. The summed E-state index contributed by atoms with van der Waals surface area (Å²) in [5.41, 5.74) is 4.57. The molecule has 0 radical (unpaired) electrons. The van der Waals surface area contributed by atoms with Gasteiger partial charge in [0.15, 0.2) is 0 Å². The van der Waals surface area contributed by atoms with Gasteiger partial charge in [0.05, 0.1) is 11.0 Å². The number of rotatable bonds is 8. The number of carbonyl (C=O) groups is 1. The van der Waals surface area contributed by atoms with Crippen molar-refractivity contribution in [3.8, 4) is 0 Å². The highest BCUT2D eigenvalue weighted by molar-refractivity contribution is 5.82. The van der Waals surface area contributed by atoms with Gasteiger partial charge in [0.1, 0.15) is 18.5 Å². The molecule has 0 aliphatic heterocycles. The van der Waals surface area contributed by atoms with E-state index in [4.69, 9.17) is 4.98 Å². The van der Waals surface area contributed by atoms with Crippen LogP contribution in [-0.2, 0) is 11.3 Å². The maximum atomic E-state index is 13.0. The highest BCUT2D eigenvalue weighted by Gasteiger charge is 2.23.